The number of hydrogen-bond acceptors (Lipinski definition) is 5. The fourth-order valence-corrected chi connectivity index (χ4v) is 5.23. The van der Waals surface area contributed by atoms with Crippen LogP contribution in [0, 0.1) is 28.9 Å². The van der Waals surface area contributed by atoms with Gasteiger partial charge in [0.25, 0.3) is 0 Å². The van der Waals surface area contributed by atoms with Gasteiger partial charge in [-0.1, -0.05) is 29.1 Å². The van der Waals surface area contributed by atoms with Gasteiger partial charge in [0.05, 0.1) is 27.6 Å². The van der Waals surface area contributed by atoms with Gasteiger partial charge in [-0.05, 0) is 36.7 Å². The van der Waals surface area contributed by atoms with Crippen LogP contribution in [-0.4, -0.2) is 50.9 Å². The lowest BCUT2D eigenvalue weighted by molar-refractivity contribution is 0.133. The van der Waals surface area contributed by atoms with Gasteiger partial charge < -0.3 is 9.64 Å². The molecular weight excluding hydrogens is 485 g/mol. The number of aromatic nitrogens is 5. The predicted octanol–water partition coefficient (Wildman–Crippen LogP) is 4.60. The highest BCUT2D eigenvalue weighted by atomic mass is 35.5. The maximum Gasteiger partial charge on any atom is 0.213 e. The standard InChI is InChI=1S/C23H18Cl2F2N6O/c24-14-11-15(25)19(27)13(18(14)26)1-2-16-17-20(31-30-16)29-22(33-9-6-28-21(17)33)32-7-3-23(4-8-32)5-10-34-12-23/h6,9,11H,3-5,7-8,10,12H2,(H,30,31). The molecule has 0 bridgehead atoms. The number of halogens is 4. The van der Waals surface area contributed by atoms with Crippen LogP contribution in [0.2, 0.25) is 10.0 Å². The molecule has 174 valence electrons. The van der Waals surface area contributed by atoms with E-state index in [9.17, 15) is 8.78 Å². The summed E-state index contributed by atoms with van der Waals surface area (Å²) >= 11 is 11.6. The van der Waals surface area contributed by atoms with Crippen LogP contribution in [0.1, 0.15) is 30.5 Å². The molecule has 2 aliphatic rings. The van der Waals surface area contributed by atoms with Gasteiger partial charge in [0, 0.05) is 32.1 Å². The Hall–Kier alpha value is -2.93. The van der Waals surface area contributed by atoms with Crippen molar-refractivity contribution in [3.8, 4) is 11.8 Å². The molecule has 2 saturated heterocycles. The number of benzene rings is 1. The van der Waals surface area contributed by atoms with E-state index in [4.69, 9.17) is 32.9 Å². The van der Waals surface area contributed by atoms with Crippen LogP contribution in [0.25, 0.3) is 16.7 Å². The van der Waals surface area contributed by atoms with Crippen LogP contribution in [0.3, 0.4) is 0 Å². The van der Waals surface area contributed by atoms with E-state index in [2.05, 4.69) is 31.9 Å². The number of piperidine rings is 1. The Morgan fingerprint density at radius 3 is 2.56 bits per heavy atom. The third-order valence-corrected chi connectivity index (χ3v) is 7.30. The number of imidazole rings is 1. The summed E-state index contributed by atoms with van der Waals surface area (Å²) in [5, 5.41) is 7.06. The molecule has 0 saturated carbocycles. The molecule has 1 N–H and O–H groups in total. The van der Waals surface area contributed by atoms with Gasteiger partial charge >= 0.3 is 0 Å². The third-order valence-electron chi connectivity index (χ3n) is 6.75. The number of nitrogens with one attached hydrogen (secondary N) is 1. The second-order valence-corrected chi connectivity index (χ2v) is 9.53. The van der Waals surface area contributed by atoms with Crippen molar-refractivity contribution in [1.82, 2.24) is 24.6 Å². The molecule has 0 atom stereocenters. The molecule has 7 nitrogen and oxygen atoms in total. The van der Waals surface area contributed by atoms with Crippen LogP contribution in [0.4, 0.5) is 14.7 Å². The molecule has 5 heterocycles. The van der Waals surface area contributed by atoms with E-state index in [-0.39, 0.29) is 15.5 Å². The summed E-state index contributed by atoms with van der Waals surface area (Å²) in [5.41, 5.74) is 1.13. The van der Waals surface area contributed by atoms with Gasteiger partial charge in [0.15, 0.2) is 22.9 Å². The summed E-state index contributed by atoms with van der Waals surface area (Å²) in [6, 6.07) is 1.01. The Labute approximate surface area is 203 Å². The van der Waals surface area contributed by atoms with Gasteiger partial charge in [-0.3, -0.25) is 9.50 Å². The molecule has 11 heteroatoms. The van der Waals surface area contributed by atoms with Crippen molar-refractivity contribution in [3.63, 3.8) is 0 Å². The molecule has 1 spiro atoms. The number of rotatable bonds is 1. The van der Waals surface area contributed by atoms with Gasteiger partial charge in [-0.2, -0.15) is 10.1 Å². The van der Waals surface area contributed by atoms with E-state index in [0.29, 0.717) is 22.4 Å². The summed E-state index contributed by atoms with van der Waals surface area (Å²) in [4.78, 5) is 11.5. The average molecular weight is 503 g/mol. The van der Waals surface area contributed by atoms with E-state index in [0.717, 1.165) is 57.6 Å². The lowest BCUT2D eigenvalue weighted by Gasteiger charge is -2.38. The number of aromatic amines is 1. The number of fused-ring (bicyclic) bond motifs is 3. The normalized spacial score (nSPS) is 17.6. The predicted molar refractivity (Wildman–Crippen MR) is 124 cm³/mol. The second kappa shape index (κ2) is 8.08. The molecule has 4 aromatic rings. The Kier molecular flexibility index (Phi) is 5.13. The molecular formula is C23H18Cl2F2N6O. The van der Waals surface area contributed by atoms with Gasteiger partial charge in [0.1, 0.15) is 5.69 Å². The van der Waals surface area contributed by atoms with Crippen molar-refractivity contribution in [3.05, 3.63) is 51.4 Å². The smallest absolute Gasteiger partial charge is 0.213 e. The molecule has 0 unspecified atom stereocenters. The molecule has 3 aromatic heterocycles. The zero-order valence-electron chi connectivity index (χ0n) is 17.8. The van der Waals surface area contributed by atoms with E-state index >= 15 is 0 Å². The summed E-state index contributed by atoms with van der Waals surface area (Å²) in [6.45, 7) is 3.39. The second-order valence-electron chi connectivity index (χ2n) is 8.71. The van der Waals surface area contributed by atoms with Gasteiger partial charge in [0.2, 0.25) is 5.95 Å². The van der Waals surface area contributed by atoms with Crippen molar-refractivity contribution in [2.24, 2.45) is 5.41 Å². The maximum atomic E-state index is 14.4. The highest BCUT2D eigenvalue weighted by Gasteiger charge is 2.38. The van der Waals surface area contributed by atoms with Crippen molar-refractivity contribution in [2.45, 2.75) is 19.3 Å². The molecule has 0 amide bonds. The first-order chi connectivity index (χ1) is 16.5. The topological polar surface area (TPSA) is 71.3 Å². The first-order valence-corrected chi connectivity index (χ1v) is 11.6. The zero-order valence-corrected chi connectivity index (χ0v) is 19.3. The lowest BCUT2D eigenvalue weighted by Crippen LogP contribution is -2.41. The Balaban J connectivity index is 1.40. The summed E-state index contributed by atoms with van der Waals surface area (Å²) in [6.07, 6.45) is 6.70. The average Bonchev–Trinajstić information content (AvgIpc) is 3.58. The minimum absolute atomic E-state index is 0.275. The first kappa shape index (κ1) is 21.6. The highest BCUT2D eigenvalue weighted by Crippen LogP contribution is 2.40. The summed E-state index contributed by atoms with van der Waals surface area (Å²) < 4.78 is 36.2. The fourth-order valence-electron chi connectivity index (χ4n) is 4.77. The van der Waals surface area contributed by atoms with Crippen LogP contribution in [0.15, 0.2) is 18.5 Å². The molecule has 0 aliphatic carbocycles. The number of nitrogens with zero attached hydrogens (tertiary/aromatic N) is 5. The van der Waals surface area contributed by atoms with Crippen LogP contribution in [0.5, 0.6) is 0 Å². The highest BCUT2D eigenvalue weighted by molar-refractivity contribution is 6.35. The van der Waals surface area contributed by atoms with Crippen molar-refractivity contribution in [1.29, 1.82) is 0 Å². The zero-order chi connectivity index (χ0) is 23.4. The third kappa shape index (κ3) is 3.40. The SMILES string of the molecule is Fc1c(Cl)cc(Cl)c(F)c1C#Cc1[nH]nc2nc(N3CCC4(CCOC4)CC3)n3ccnc3c12. The van der Waals surface area contributed by atoms with Crippen molar-refractivity contribution >= 4 is 45.8 Å². The lowest BCUT2D eigenvalue weighted by atomic mass is 9.78. The van der Waals surface area contributed by atoms with Gasteiger partial charge in [-0.25, -0.2) is 13.8 Å². The monoisotopic (exact) mass is 502 g/mol. The van der Waals surface area contributed by atoms with Crippen LogP contribution < -0.4 is 4.90 Å². The fraction of sp³-hybridized carbons (Fsp3) is 0.348. The molecule has 2 fully saturated rings. The minimum Gasteiger partial charge on any atom is -0.381 e. The van der Waals surface area contributed by atoms with Gasteiger partial charge in [-0.15, -0.1) is 0 Å². The molecule has 1 aromatic carbocycles. The maximum absolute atomic E-state index is 14.4. The quantitative estimate of drug-likeness (QED) is 0.304. The summed E-state index contributed by atoms with van der Waals surface area (Å²) in [5.74, 6) is 4.05. The van der Waals surface area contributed by atoms with E-state index in [1.165, 1.54) is 0 Å². The van der Waals surface area contributed by atoms with Crippen LogP contribution >= 0.6 is 23.2 Å². The number of ether oxygens (including phenoxy) is 1. The van der Waals surface area contributed by atoms with Crippen LogP contribution in [-0.2, 0) is 4.74 Å². The molecule has 34 heavy (non-hydrogen) atoms. The summed E-state index contributed by atoms with van der Waals surface area (Å²) in [7, 11) is 0. The minimum atomic E-state index is -0.971. The number of hydrogen-bond donors (Lipinski definition) is 1. The van der Waals surface area contributed by atoms with E-state index < -0.39 is 17.2 Å². The molecule has 2 aliphatic heterocycles. The largest absolute Gasteiger partial charge is 0.381 e. The first-order valence-electron chi connectivity index (χ1n) is 10.8. The Morgan fingerprint density at radius 1 is 1.09 bits per heavy atom. The molecule has 6 rings (SSSR count). The Bertz CT molecular complexity index is 1460. The number of H-pyrrole nitrogens is 1. The molecule has 0 radical (unpaired) electrons. The number of anilines is 1. The van der Waals surface area contributed by atoms with Crippen molar-refractivity contribution in [2.75, 3.05) is 31.2 Å². The van der Waals surface area contributed by atoms with E-state index in [1.54, 1.807) is 6.20 Å². The Morgan fingerprint density at radius 2 is 1.85 bits per heavy atom. The van der Waals surface area contributed by atoms with Crippen molar-refractivity contribution < 1.29 is 13.5 Å². The van der Waals surface area contributed by atoms with E-state index in [1.807, 2.05) is 10.6 Å².